The summed E-state index contributed by atoms with van der Waals surface area (Å²) in [5.74, 6) is 0.472. The number of nitriles is 1. The van der Waals surface area contributed by atoms with Gasteiger partial charge in [0.25, 0.3) is 0 Å². The fourth-order valence-corrected chi connectivity index (χ4v) is 4.50. The minimum atomic E-state index is -0.833. The summed E-state index contributed by atoms with van der Waals surface area (Å²) in [7, 11) is 2.16. The fraction of sp³-hybridized carbons (Fsp3) is 0.481. The van der Waals surface area contributed by atoms with Crippen LogP contribution in [-0.4, -0.2) is 82.1 Å². The first-order chi connectivity index (χ1) is 17.4. The number of allylic oxidation sites excluding steroid dienone is 4. The van der Waals surface area contributed by atoms with Crippen LogP contribution in [0.2, 0.25) is 0 Å². The lowest BCUT2D eigenvalue weighted by Crippen LogP contribution is -2.43. The highest BCUT2D eigenvalue weighted by molar-refractivity contribution is 5.68. The van der Waals surface area contributed by atoms with Gasteiger partial charge in [0.1, 0.15) is 12.2 Å². The summed E-state index contributed by atoms with van der Waals surface area (Å²) in [4.78, 5) is 20.4. The van der Waals surface area contributed by atoms with E-state index in [9.17, 15) is 9.65 Å². The van der Waals surface area contributed by atoms with E-state index >= 15 is 0 Å². The molecule has 0 aromatic carbocycles. The number of nitrogens with zero attached hydrogens (tertiary/aromatic N) is 7. The molecular formula is C27H35FN8. The minimum absolute atomic E-state index is 0.343. The van der Waals surface area contributed by atoms with E-state index in [2.05, 4.69) is 43.2 Å². The van der Waals surface area contributed by atoms with Crippen molar-refractivity contribution in [2.75, 3.05) is 51.6 Å². The van der Waals surface area contributed by atoms with Gasteiger partial charge in [-0.1, -0.05) is 6.92 Å². The van der Waals surface area contributed by atoms with E-state index in [1.807, 2.05) is 49.2 Å². The third-order valence-electron chi connectivity index (χ3n) is 6.86. The SMILES string of the molecule is CC/C(=C\C(C#N)=C(/C)N1CCC(F)C1)c1ccnc(Nc2ccc(CN3CCN(C)CC3)nc2)n1. The number of piperazine rings is 1. The Labute approximate surface area is 213 Å². The van der Waals surface area contributed by atoms with E-state index < -0.39 is 6.17 Å². The molecule has 2 fully saturated rings. The quantitative estimate of drug-likeness (QED) is 0.439. The lowest BCUT2D eigenvalue weighted by molar-refractivity contribution is 0.147. The molecule has 0 amide bonds. The summed E-state index contributed by atoms with van der Waals surface area (Å²) in [6.07, 6.45) is 5.75. The number of hydrogen-bond acceptors (Lipinski definition) is 8. The molecule has 0 spiro atoms. The maximum atomic E-state index is 13.7. The number of aromatic nitrogens is 3. The Morgan fingerprint density at radius 3 is 2.64 bits per heavy atom. The van der Waals surface area contributed by atoms with Crippen molar-refractivity contribution in [3.63, 3.8) is 0 Å². The highest BCUT2D eigenvalue weighted by Gasteiger charge is 2.23. The van der Waals surface area contributed by atoms with E-state index in [0.717, 1.165) is 61.1 Å². The van der Waals surface area contributed by atoms with Crippen LogP contribution in [0.25, 0.3) is 5.57 Å². The summed E-state index contributed by atoms with van der Waals surface area (Å²) >= 11 is 0. The molecule has 0 saturated carbocycles. The molecule has 36 heavy (non-hydrogen) atoms. The van der Waals surface area contributed by atoms with E-state index in [1.165, 1.54) is 0 Å². The van der Waals surface area contributed by atoms with Crippen molar-refractivity contribution in [1.82, 2.24) is 29.7 Å². The predicted molar refractivity (Wildman–Crippen MR) is 140 cm³/mol. The average molecular weight is 491 g/mol. The highest BCUT2D eigenvalue weighted by Crippen LogP contribution is 2.24. The van der Waals surface area contributed by atoms with Crippen LogP contribution in [0.5, 0.6) is 0 Å². The predicted octanol–water partition coefficient (Wildman–Crippen LogP) is 4.00. The van der Waals surface area contributed by atoms with Crippen molar-refractivity contribution in [2.45, 2.75) is 39.4 Å². The maximum Gasteiger partial charge on any atom is 0.227 e. The number of likely N-dealkylation sites (tertiary alicyclic amines) is 1. The molecule has 1 atom stereocenters. The second kappa shape index (κ2) is 12.1. The largest absolute Gasteiger partial charge is 0.371 e. The Balaban J connectivity index is 1.45. The van der Waals surface area contributed by atoms with Crippen molar-refractivity contribution >= 4 is 17.2 Å². The van der Waals surface area contributed by atoms with Gasteiger partial charge >= 0.3 is 0 Å². The number of nitrogens with one attached hydrogen (secondary N) is 1. The Hall–Kier alpha value is -3.35. The lowest BCUT2D eigenvalue weighted by Gasteiger charge is -2.32. The van der Waals surface area contributed by atoms with Gasteiger partial charge in [0.05, 0.1) is 28.8 Å². The molecule has 2 aromatic heterocycles. The minimum Gasteiger partial charge on any atom is -0.371 e. The summed E-state index contributed by atoms with van der Waals surface area (Å²) in [6.45, 7) is 10.0. The number of halogens is 1. The normalized spacial score (nSPS) is 20.2. The summed E-state index contributed by atoms with van der Waals surface area (Å²) in [5, 5.41) is 13.0. The molecule has 2 aliphatic heterocycles. The Kier molecular flexibility index (Phi) is 8.62. The number of rotatable bonds is 8. The second-order valence-corrected chi connectivity index (χ2v) is 9.47. The second-order valence-electron chi connectivity index (χ2n) is 9.47. The summed E-state index contributed by atoms with van der Waals surface area (Å²) in [5.41, 5.74) is 4.87. The van der Waals surface area contributed by atoms with Crippen molar-refractivity contribution in [3.05, 3.63) is 59.3 Å². The molecule has 9 heteroatoms. The summed E-state index contributed by atoms with van der Waals surface area (Å²) < 4.78 is 13.7. The Morgan fingerprint density at radius 2 is 2.00 bits per heavy atom. The molecule has 2 aliphatic rings. The number of anilines is 2. The molecular weight excluding hydrogens is 455 g/mol. The van der Waals surface area contributed by atoms with Crippen LogP contribution in [0.15, 0.2) is 47.9 Å². The monoisotopic (exact) mass is 490 g/mol. The van der Waals surface area contributed by atoms with Crippen LogP contribution < -0.4 is 5.32 Å². The number of hydrogen-bond donors (Lipinski definition) is 1. The van der Waals surface area contributed by atoms with Gasteiger partial charge in [0.2, 0.25) is 5.95 Å². The number of likely N-dealkylation sites (N-methyl/N-ethyl adjacent to an activating group) is 1. The molecule has 1 N–H and O–H groups in total. The molecule has 0 bridgehead atoms. The molecule has 0 aliphatic carbocycles. The van der Waals surface area contributed by atoms with Crippen LogP contribution in [0.3, 0.4) is 0 Å². The van der Waals surface area contributed by atoms with Gasteiger partial charge in [-0.15, -0.1) is 0 Å². The van der Waals surface area contributed by atoms with Gasteiger partial charge in [-0.05, 0) is 56.7 Å². The smallest absolute Gasteiger partial charge is 0.227 e. The van der Waals surface area contributed by atoms with Crippen molar-refractivity contribution in [1.29, 1.82) is 5.26 Å². The van der Waals surface area contributed by atoms with Gasteiger partial charge in [0.15, 0.2) is 0 Å². The van der Waals surface area contributed by atoms with Crippen molar-refractivity contribution in [2.24, 2.45) is 0 Å². The fourth-order valence-electron chi connectivity index (χ4n) is 4.50. The Morgan fingerprint density at radius 1 is 1.19 bits per heavy atom. The average Bonchev–Trinajstić information content (AvgIpc) is 3.33. The first-order valence-electron chi connectivity index (χ1n) is 12.6. The third kappa shape index (κ3) is 6.65. The van der Waals surface area contributed by atoms with Gasteiger partial charge in [-0.3, -0.25) is 9.88 Å². The van der Waals surface area contributed by atoms with E-state index in [4.69, 9.17) is 0 Å². The van der Waals surface area contributed by atoms with Crippen LogP contribution in [-0.2, 0) is 6.54 Å². The van der Waals surface area contributed by atoms with Crippen LogP contribution in [0.1, 0.15) is 38.1 Å². The Bertz CT molecular complexity index is 1130. The zero-order valence-corrected chi connectivity index (χ0v) is 21.4. The topological polar surface area (TPSA) is 84.2 Å². The van der Waals surface area contributed by atoms with Gasteiger partial charge in [0, 0.05) is 57.7 Å². The molecule has 0 radical (unpaired) electrons. The molecule has 2 aromatic rings. The van der Waals surface area contributed by atoms with E-state index in [0.29, 0.717) is 37.5 Å². The van der Waals surface area contributed by atoms with Crippen LogP contribution in [0, 0.1) is 11.3 Å². The standard InChI is InChI=1S/C27H35FN8/c1-4-21(15-22(16-29)20(2)36-10-8-23(28)18-36)26-7-9-30-27(33-26)32-24-5-6-25(31-17-24)19-35-13-11-34(3)12-14-35/h5-7,9,15,17,23H,4,8,10-14,18-19H2,1-3H3,(H,30,32,33)/b21-15+,22-20-. The molecule has 4 heterocycles. The zero-order chi connectivity index (χ0) is 25.5. The maximum absolute atomic E-state index is 13.7. The van der Waals surface area contributed by atoms with Crippen molar-refractivity contribution < 1.29 is 4.39 Å². The van der Waals surface area contributed by atoms with Crippen LogP contribution >= 0.6 is 0 Å². The number of pyridine rings is 1. The van der Waals surface area contributed by atoms with Gasteiger partial charge in [-0.2, -0.15) is 5.26 Å². The summed E-state index contributed by atoms with van der Waals surface area (Å²) in [6, 6.07) is 8.16. The molecule has 1 unspecified atom stereocenters. The van der Waals surface area contributed by atoms with Crippen LogP contribution in [0.4, 0.5) is 16.0 Å². The first kappa shape index (κ1) is 25.7. The first-order valence-corrected chi connectivity index (χ1v) is 12.6. The molecule has 4 rings (SSSR count). The van der Waals surface area contributed by atoms with E-state index in [-0.39, 0.29) is 0 Å². The molecule has 2 saturated heterocycles. The number of alkyl halides is 1. The van der Waals surface area contributed by atoms with Crippen molar-refractivity contribution in [3.8, 4) is 6.07 Å². The van der Waals surface area contributed by atoms with Gasteiger partial charge in [-0.25, -0.2) is 14.4 Å². The van der Waals surface area contributed by atoms with Gasteiger partial charge < -0.3 is 15.1 Å². The highest BCUT2D eigenvalue weighted by atomic mass is 19.1. The van der Waals surface area contributed by atoms with E-state index in [1.54, 1.807) is 6.20 Å². The molecule has 8 nitrogen and oxygen atoms in total. The molecule has 190 valence electrons. The zero-order valence-electron chi connectivity index (χ0n) is 21.4. The third-order valence-corrected chi connectivity index (χ3v) is 6.86. The lowest BCUT2D eigenvalue weighted by atomic mass is 10.0.